The molecule has 1 aromatic rings. The van der Waals surface area contributed by atoms with Crippen molar-refractivity contribution in [2.45, 2.75) is 18.3 Å². The predicted molar refractivity (Wildman–Crippen MR) is 105 cm³/mol. The number of thiazole rings is 1. The molecule has 148 valence electrons. The molecule has 2 atom stereocenters. The van der Waals surface area contributed by atoms with Crippen LogP contribution in [0.25, 0.3) is 0 Å². The molecule has 2 aliphatic heterocycles. The number of aliphatic carboxylic acids is 1. The van der Waals surface area contributed by atoms with E-state index in [1.807, 2.05) is 0 Å². The van der Waals surface area contributed by atoms with E-state index in [1.54, 1.807) is 12.3 Å². The molecule has 1 saturated heterocycles. The summed E-state index contributed by atoms with van der Waals surface area (Å²) in [6.45, 7) is 5.47. The van der Waals surface area contributed by atoms with E-state index in [0.29, 0.717) is 16.9 Å². The third-order valence-electron chi connectivity index (χ3n) is 4.13. The minimum absolute atomic E-state index is 0.0928. The van der Waals surface area contributed by atoms with Gasteiger partial charge in [0.1, 0.15) is 29.9 Å². The van der Waals surface area contributed by atoms with Gasteiger partial charge in [-0.3, -0.25) is 14.5 Å². The molecule has 3 heterocycles. The summed E-state index contributed by atoms with van der Waals surface area (Å²) in [5, 5.41) is 17.1. The highest BCUT2D eigenvalue weighted by Gasteiger charge is 2.54. The number of carboxylic acids is 1. The largest absolute Gasteiger partial charge is 0.477 e. The molecule has 1 aromatic heterocycles. The number of aromatic nitrogens is 1. The molecule has 0 bridgehead atoms. The summed E-state index contributed by atoms with van der Waals surface area (Å²) in [6, 6.07) is -0.892. The third kappa shape index (κ3) is 3.36. The van der Waals surface area contributed by atoms with Crippen molar-refractivity contribution in [2.24, 2.45) is 5.16 Å². The highest BCUT2D eigenvalue weighted by Crippen LogP contribution is 2.41. The first-order chi connectivity index (χ1) is 13.3. The number of nitrogens with zero attached hydrogens (tertiary/aromatic N) is 3. The monoisotopic (exact) mass is 423 g/mol. The summed E-state index contributed by atoms with van der Waals surface area (Å²) in [7, 11) is 1.28. The van der Waals surface area contributed by atoms with Crippen molar-refractivity contribution >= 4 is 51.7 Å². The van der Waals surface area contributed by atoms with Gasteiger partial charge in [0, 0.05) is 11.1 Å². The molecule has 0 aliphatic carbocycles. The highest BCUT2D eigenvalue weighted by molar-refractivity contribution is 8.00. The van der Waals surface area contributed by atoms with Crippen molar-refractivity contribution in [2.75, 3.05) is 18.6 Å². The molecule has 1 fully saturated rings. The average molecular weight is 423 g/mol. The number of carboxylic acid groups (broad SMARTS) is 1. The van der Waals surface area contributed by atoms with E-state index in [2.05, 4.69) is 22.0 Å². The van der Waals surface area contributed by atoms with Gasteiger partial charge in [-0.15, -0.1) is 23.1 Å². The van der Waals surface area contributed by atoms with Crippen LogP contribution < -0.4 is 11.1 Å². The van der Waals surface area contributed by atoms with Gasteiger partial charge in [0.25, 0.3) is 11.8 Å². The van der Waals surface area contributed by atoms with Gasteiger partial charge in [0.15, 0.2) is 10.8 Å². The normalized spacial score (nSPS) is 21.7. The Kier molecular flexibility index (Phi) is 5.42. The number of nitrogen functional groups attached to an aromatic ring is 1. The van der Waals surface area contributed by atoms with Gasteiger partial charge in [-0.25, -0.2) is 9.78 Å². The Morgan fingerprint density at radius 3 is 2.79 bits per heavy atom. The second-order valence-corrected chi connectivity index (χ2v) is 7.96. The van der Waals surface area contributed by atoms with Crippen molar-refractivity contribution in [1.29, 1.82) is 0 Å². The molecule has 12 heteroatoms. The molecular formula is C16H17N5O5S2. The summed E-state index contributed by atoms with van der Waals surface area (Å²) in [6.07, 6.45) is 0. The molecule has 10 nitrogen and oxygen atoms in total. The van der Waals surface area contributed by atoms with E-state index in [1.165, 1.54) is 23.8 Å². The lowest BCUT2D eigenvalue weighted by molar-refractivity contribution is -0.150. The van der Waals surface area contributed by atoms with Crippen molar-refractivity contribution in [3.05, 3.63) is 34.5 Å². The van der Waals surface area contributed by atoms with Gasteiger partial charge in [-0.05, 0) is 12.5 Å². The Morgan fingerprint density at radius 2 is 2.25 bits per heavy atom. The molecule has 2 aliphatic rings. The average Bonchev–Trinajstić information content (AvgIpc) is 3.08. The fraction of sp³-hybridized carbons (Fsp3) is 0.312. The Balaban J connectivity index is 1.81. The molecule has 0 aromatic carbocycles. The fourth-order valence-corrected chi connectivity index (χ4v) is 4.85. The van der Waals surface area contributed by atoms with Crippen LogP contribution in [0.15, 0.2) is 34.0 Å². The number of nitrogens with one attached hydrogen (secondary N) is 1. The first kappa shape index (κ1) is 19.9. The van der Waals surface area contributed by atoms with Crippen molar-refractivity contribution in [1.82, 2.24) is 15.2 Å². The van der Waals surface area contributed by atoms with E-state index in [-0.39, 0.29) is 22.2 Å². The van der Waals surface area contributed by atoms with Crippen LogP contribution in [-0.4, -0.2) is 62.8 Å². The van der Waals surface area contributed by atoms with Crippen molar-refractivity contribution in [3.63, 3.8) is 0 Å². The molecule has 0 unspecified atom stereocenters. The summed E-state index contributed by atoms with van der Waals surface area (Å²) >= 11 is 2.48. The number of thioether (sulfide) groups is 1. The number of carbonyl (C=O) groups is 3. The molecule has 2 amide bonds. The number of carbonyl (C=O) groups excluding carboxylic acids is 2. The van der Waals surface area contributed by atoms with Crippen LogP contribution >= 0.6 is 23.1 Å². The van der Waals surface area contributed by atoms with Gasteiger partial charge >= 0.3 is 5.97 Å². The quantitative estimate of drug-likeness (QED) is 0.338. The smallest absolute Gasteiger partial charge is 0.352 e. The molecule has 4 N–H and O–H groups in total. The molecule has 0 saturated carbocycles. The van der Waals surface area contributed by atoms with Crippen LogP contribution in [0.2, 0.25) is 0 Å². The van der Waals surface area contributed by atoms with Crippen LogP contribution in [0.4, 0.5) is 5.13 Å². The Morgan fingerprint density at radius 1 is 1.54 bits per heavy atom. The second kappa shape index (κ2) is 7.64. The number of rotatable bonds is 6. The number of oxime groups is 1. The molecule has 0 radical (unpaired) electrons. The fourth-order valence-electron chi connectivity index (χ4n) is 2.85. The Labute approximate surface area is 168 Å². The van der Waals surface area contributed by atoms with Crippen LogP contribution in [0.3, 0.4) is 0 Å². The minimum atomic E-state index is -1.21. The topological polar surface area (TPSA) is 147 Å². The first-order valence-corrected chi connectivity index (χ1v) is 9.89. The molecule has 0 spiro atoms. The maximum atomic E-state index is 12.6. The van der Waals surface area contributed by atoms with E-state index in [4.69, 9.17) is 10.6 Å². The summed E-state index contributed by atoms with van der Waals surface area (Å²) in [4.78, 5) is 46.8. The minimum Gasteiger partial charge on any atom is -0.477 e. The number of hydrogen-bond donors (Lipinski definition) is 3. The van der Waals surface area contributed by atoms with Crippen LogP contribution in [0, 0.1) is 0 Å². The van der Waals surface area contributed by atoms with Crippen LogP contribution in [-0.2, 0) is 19.2 Å². The lowest BCUT2D eigenvalue weighted by Crippen LogP contribution is -2.71. The molecule has 28 heavy (non-hydrogen) atoms. The van der Waals surface area contributed by atoms with Crippen LogP contribution in [0.5, 0.6) is 0 Å². The van der Waals surface area contributed by atoms with Gasteiger partial charge < -0.3 is 21.0 Å². The lowest BCUT2D eigenvalue weighted by Gasteiger charge is -2.49. The number of β-lactam (4-membered cyclic amide) rings is 1. The second-order valence-electron chi connectivity index (χ2n) is 5.97. The number of hydrogen-bond acceptors (Lipinski definition) is 9. The zero-order valence-corrected chi connectivity index (χ0v) is 16.6. The van der Waals surface area contributed by atoms with E-state index in [0.717, 1.165) is 11.3 Å². The summed E-state index contributed by atoms with van der Waals surface area (Å²) in [5.74, 6) is -2.02. The number of nitrogens with two attached hydrogens (primary N) is 1. The van der Waals surface area contributed by atoms with Crippen LogP contribution in [0.1, 0.15) is 12.6 Å². The van der Waals surface area contributed by atoms with Gasteiger partial charge in [0.2, 0.25) is 0 Å². The summed E-state index contributed by atoms with van der Waals surface area (Å²) < 4.78 is 0. The van der Waals surface area contributed by atoms with E-state index in [9.17, 15) is 19.5 Å². The van der Waals surface area contributed by atoms with Crippen molar-refractivity contribution < 1.29 is 24.3 Å². The number of amides is 2. The zero-order valence-electron chi connectivity index (χ0n) is 15.0. The number of fused-ring (bicyclic) bond motifs is 1. The van der Waals surface area contributed by atoms with Gasteiger partial charge in [0.05, 0.1) is 0 Å². The number of allylic oxidation sites excluding steroid dienone is 1. The maximum absolute atomic E-state index is 12.6. The first-order valence-electron chi connectivity index (χ1n) is 7.96. The summed E-state index contributed by atoms with van der Waals surface area (Å²) in [5.41, 5.74) is 6.68. The van der Waals surface area contributed by atoms with Crippen molar-refractivity contribution in [3.8, 4) is 0 Å². The molecular weight excluding hydrogens is 406 g/mol. The number of anilines is 1. The third-order valence-corrected chi connectivity index (χ3v) is 6.09. The van der Waals surface area contributed by atoms with E-state index < -0.39 is 29.2 Å². The lowest BCUT2D eigenvalue weighted by atomic mass is 10.00. The highest BCUT2D eigenvalue weighted by atomic mass is 32.2. The molecule has 3 rings (SSSR count). The maximum Gasteiger partial charge on any atom is 0.352 e. The Hall–Kier alpha value is -2.86. The van der Waals surface area contributed by atoms with Gasteiger partial charge in [-0.1, -0.05) is 17.3 Å². The Bertz CT molecular complexity index is 938. The standard InChI is InChI=1S/C16H17N5O5S2/c1-6(2)7-4-27-14-10(13(23)21(14)11(7)15(24)25)19-12(22)9(20-26-3)8-5-28-16(17)18-8/h5,10,14H,1,4H2,2-3H3,(H2,17,18)(H,19,22)(H,24,25)/b20-9-/t10-,14-/m1/s1. The SMILES string of the molecule is C=C(C)C1=C(C(=O)O)N2C(=O)[C@@H](NC(=O)/C(=N\OC)c3csc(N)n3)[C@H]2SC1. The predicted octanol–water partition coefficient (Wildman–Crippen LogP) is 0.391. The van der Waals surface area contributed by atoms with E-state index >= 15 is 0 Å². The zero-order chi connectivity index (χ0) is 20.6. The van der Waals surface area contributed by atoms with Gasteiger partial charge in [-0.2, -0.15) is 0 Å².